The van der Waals surface area contributed by atoms with Gasteiger partial charge in [-0.05, 0) is 18.1 Å². The summed E-state index contributed by atoms with van der Waals surface area (Å²) >= 11 is 0. The van der Waals surface area contributed by atoms with Gasteiger partial charge in [-0.2, -0.15) is 5.26 Å². The second-order valence-electron chi connectivity index (χ2n) is 3.89. The Morgan fingerprint density at radius 3 is 2.59 bits per heavy atom. The lowest BCUT2D eigenvalue weighted by molar-refractivity contribution is 0.116. The van der Waals surface area contributed by atoms with E-state index in [0.717, 1.165) is 0 Å². The highest BCUT2D eigenvalue weighted by Gasteiger charge is 2.20. The molecule has 2 unspecified atom stereocenters. The molecule has 1 rings (SSSR count). The van der Waals surface area contributed by atoms with E-state index in [2.05, 4.69) is 6.07 Å². The summed E-state index contributed by atoms with van der Waals surface area (Å²) in [5, 5.41) is 18.8. The molecule has 0 aromatic heterocycles. The van der Waals surface area contributed by atoms with Gasteiger partial charge in [0.25, 0.3) is 0 Å². The minimum absolute atomic E-state index is 0.137. The summed E-state index contributed by atoms with van der Waals surface area (Å²) < 4.78 is 10.3. The zero-order chi connectivity index (χ0) is 12.8. The number of aliphatic hydroxyl groups excluding tert-OH is 1. The SMILES string of the molecule is COc1ccc(C(O)C(C)CC#N)c(OC)c1. The number of nitrogens with zero attached hydrogens (tertiary/aromatic N) is 1. The van der Waals surface area contributed by atoms with Crippen LogP contribution in [-0.2, 0) is 0 Å². The molecule has 4 heteroatoms. The van der Waals surface area contributed by atoms with Crippen molar-refractivity contribution in [3.63, 3.8) is 0 Å². The van der Waals surface area contributed by atoms with E-state index < -0.39 is 6.10 Å². The molecular formula is C13H17NO3. The molecule has 0 aliphatic carbocycles. The van der Waals surface area contributed by atoms with Crippen LogP contribution in [0.15, 0.2) is 18.2 Å². The molecule has 0 bridgehead atoms. The third-order valence-corrected chi connectivity index (χ3v) is 2.71. The number of hydrogen-bond acceptors (Lipinski definition) is 4. The van der Waals surface area contributed by atoms with Gasteiger partial charge in [0, 0.05) is 18.1 Å². The van der Waals surface area contributed by atoms with Crippen LogP contribution >= 0.6 is 0 Å². The summed E-state index contributed by atoms with van der Waals surface area (Å²) in [6, 6.07) is 7.30. The molecular weight excluding hydrogens is 218 g/mol. The summed E-state index contributed by atoms with van der Waals surface area (Å²) in [6.45, 7) is 1.83. The number of nitriles is 1. The molecule has 0 heterocycles. The number of hydrogen-bond donors (Lipinski definition) is 1. The van der Waals surface area contributed by atoms with E-state index >= 15 is 0 Å². The van der Waals surface area contributed by atoms with E-state index in [9.17, 15) is 5.11 Å². The Hall–Kier alpha value is -1.73. The average Bonchev–Trinajstić information content (AvgIpc) is 2.37. The first-order valence-corrected chi connectivity index (χ1v) is 5.41. The summed E-state index contributed by atoms with van der Waals surface area (Å²) in [5.41, 5.74) is 0.677. The average molecular weight is 235 g/mol. The molecule has 0 aliphatic heterocycles. The normalized spacial score (nSPS) is 13.6. The molecule has 2 atom stereocenters. The molecule has 0 amide bonds. The smallest absolute Gasteiger partial charge is 0.128 e. The van der Waals surface area contributed by atoms with E-state index in [1.165, 1.54) is 0 Å². The van der Waals surface area contributed by atoms with Gasteiger partial charge >= 0.3 is 0 Å². The highest BCUT2D eigenvalue weighted by Crippen LogP contribution is 2.33. The second kappa shape index (κ2) is 6.12. The Kier molecular flexibility index (Phi) is 4.80. The molecule has 1 aromatic rings. The van der Waals surface area contributed by atoms with Gasteiger partial charge in [-0.25, -0.2) is 0 Å². The van der Waals surface area contributed by atoms with Gasteiger partial charge in [0.1, 0.15) is 11.5 Å². The van der Waals surface area contributed by atoms with Gasteiger partial charge < -0.3 is 14.6 Å². The Morgan fingerprint density at radius 2 is 2.06 bits per heavy atom. The van der Waals surface area contributed by atoms with Crippen molar-refractivity contribution < 1.29 is 14.6 Å². The summed E-state index contributed by atoms with van der Waals surface area (Å²) in [4.78, 5) is 0. The summed E-state index contributed by atoms with van der Waals surface area (Å²) in [7, 11) is 3.11. The van der Waals surface area contributed by atoms with Crippen molar-refractivity contribution in [1.82, 2.24) is 0 Å². The van der Waals surface area contributed by atoms with Gasteiger partial charge in [0.05, 0.1) is 26.4 Å². The largest absolute Gasteiger partial charge is 0.497 e. The predicted molar refractivity (Wildman–Crippen MR) is 63.9 cm³/mol. The Morgan fingerprint density at radius 1 is 1.35 bits per heavy atom. The van der Waals surface area contributed by atoms with E-state index in [-0.39, 0.29) is 5.92 Å². The molecule has 92 valence electrons. The monoisotopic (exact) mass is 235 g/mol. The number of methoxy groups -OCH3 is 2. The first kappa shape index (κ1) is 13.3. The highest BCUT2D eigenvalue weighted by atomic mass is 16.5. The van der Waals surface area contributed by atoms with Gasteiger partial charge in [-0.3, -0.25) is 0 Å². The van der Waals surface area contributed by atoms with Crippen molar-refractivity contribution >= 4 is 0 Å². The minimum Gasteiger partial charge on any atom is -0.497 e. The van der Waals surface area contributed by atoms with Crippen molar-refractivity contribution in [3.05, 3.63) is 23.8 Å². The number of benzene rings is 1. The van der Waals surface area contributed by atoms with Crippen LogP contribution in [0.25, 0.3) is 0 Å². The van der Waals surface area contributed by atoms with Crippen LogP contribution < -0.4 is 9.47 Å². The maximum atomic E-state index is 10.1. The van der Waals surface area contributed by atoms with Crippen molar-refractivity contribution in [2.45, 2.75) is 19.4 Å². The highest BCUT2D eigenvalue weighted by molar-refractivity contribution is 5.42. The fourth-order valence-electron chi connectivity index (χ4n) is 1.62. The molecule has 4 nitrogen and oxygen atoms in total. The topological polar surface area (TPSA) is 62.5 Å². The summed E-state index contributed by atoms with van der Waals surface area (Å²) in [5.74, 6) is 1.11. The van der Waals surface area contributed by atoms with Crippen molar-refractivity contribution in [1.29, 1.82) is 5.26 Å². The maximum absolute atomic E-state index is 10.1. The first-order chi connectivity index (χ1) is 8.13. The Balaban J connectivity index is 3.01. The number of rotatable bonds is 5. The number of ether oxygens (including phenoxy) is 2. The minimum atomic E-state index is -0.712. The molecule has 1 aromatic carbocycles. The second-order valence-corrected chi connectivity index (χ2v) is 3.89. The molecule has 0 fully saturated rings. The lowest BCUT2D eigenvalue weighted by Crippen LogP contribution is -2.10. The van der Waals surface area contributed by atoms with E-state index in [4.69, 9.17) is 14.7 Å². The first-order valence-electron chi connectivity index (χ1n) is 5.41. The Bertz CT molecular complexity index is 412. The fourth-order valence-corrected chi connectivity index (χ4v) is 1.62. The van der Waals surface area contributed by atoms with Crippen LogP contribution in [0.2, 0.25) is 0 Å². The zero-order valence-corrected chi connectivity index (χ0v) is 10.3. The van der Waals surface area contributed by atoms with E-state index in [0.29, 0.717) is 23.5 Å². The predicted octanol–water partition coefficient (Wildman–Crippen LogP) is 2.29. The lowest BCUT2D eigenvalue weighted by atomic mass is 9.94. The van der Waals surface area contributed by atoms with Gasteiger partial charge in [-0.15, -0.1) is 0 Å². The molecule has 17 heavy (non-hydrogen) atoms. The van der Waals surface area contributed by atoms with Gasteiger partial charge in [-0.1, -0.05) is 6.92 Å². The third kappa shape index (κ3) is 3.11. The van der Waals surface area contributed by atoms with Crippen LogP contribution in [0.4, 0.5) is 0 Å². The van der Waals surface area contributed by atoms with Crippen molar-refractivity contribution in [3.8, 4) is 17.6 Å². The van der Waals surface area contributed by atoms with Crippen molar-refractivity contribution in [2.24, 2.45) is 5.92 Å². The molecule has 0 saturated carbocycles. The van der Waals surface area contributed by atoms with Crippen LogP contribution in [0.3, 0.4) is 0 Å². The maximum Gasteiger partial charge on any atom is 0.128 e. The van der Waals surface area contributed by atoms with Crippen LogP contribution in [0, 0.1) is 17.2 Å². The van der Waals surface area contributed by atoms with E-state index in [1.807, 2.05) is 6.92 Å². The van der Waals surface area contributed by atoms with Crippen LogP contribution in [0.5, 0.6) is 11.5 Å². The fraction of sp³-hybridized carbons (Fsp3) is 0.462. The quantitative estimate of drug-likeness (QED) is 0.850. The Labute approximate surface area is 101 Å². The summed E-state index contributed by atoms with van der Waals surface area (Å²) in [6.07, 6.45) is -0.411. The van der Waals surface area contributed by atoms with Crippen LogP contribution in [-0.4, -0.2) is 19.3 Å². The number of aliphatic hydroxyl groups is 1. The molecule has 0 radical (unpaired) electrons. The van der Waals surface area contributed by atoms with Crippen LogP contribution in [0.1, 0.15) is 25.0 Å². The molecule has 0 spiro atoms. The van der Waals surface area contributed by atoms with Crippen molar-refractivity contribution in [2.75, 3.05) is 14.2 Å². The van der Waals surface area contributed by atoms with E-state index in [1.54, 1.807) is 32.4 Å². The molecule has 1 N–H and O–H groups in total. The zero-order valence-electron chi connectivity index (χ0n) is 10.3. The van der Waals surface area contributed by atoms with Gasteiger partial charge in [0.2, 0.25) is 0 Å². The molecule has 0 aliphatic rings. The molecule has 0 saturated heterocycles. The standard InChI is InChI=1S/C13H17NO3/c1-9(6-7-14)13(15)11-5-4-10(16-2)8-12(11)17-3/h4-5,8-9,13,15H,6H2,1-3H3. The van der Waals surface area contributed by atoms with Gasteiger partial charge in [0.15, 0.2) is 0 Å². The third-order valence-electron chi connectivity index (χ3n) is 2.71. The lowest BCUT2D eigenvalue weighted by Gasteiger charge is -2.19.